The Labute approximate surface area is 114 Å². The molecule has 0 saturated heterocycles. The molecule has 0 aliphatic rings. The average molecular weight is 265 g/mol. The first-order valence-corrected chi connectivity index (χ1v) is 6.81. The molecule has 106 valence electrons. The molecule has 0 spiro atoms. The molecule has 0 aliphatic heterocycles. The van der Waals surface area contributed by atoms with Crippen molar-refractivity contribution in [1.82, 2.24) is 5.32 Å². The van der Waals surface area contributed by atoms with E-state index in [9.17, 15) is 9.90 Å². The zero-order chi connectivity index (χ0) is 14.1. The van der Waals surface area contributed by atoms with Crippen molar-refractivity contribution in [3.63, 3.8) is 0 Å². The van der Waals surface area contributed by atoms with Crippen molar-refractivity contribution in [3.05, 3.63) is 29.3 Å². The van der Waals surface area contributed by atoms with Crippen molar-refractivity contribution >= 4 is 5.91 Å². The number of ether oxygens (including phenoxy) is 1. The largest absolute Gasteiger partial charge is 0.508 e. The normalized spacial score (nSPS) is 10.4. The van der Waals surface area contributed by atoms with Gasteiger partial charge in [-0.15, -0.1) is 0 Å². The molecular formula is C15H23NO3. The molecule has 1 aromatic carbocycles. The molecule has 2 N–H and O–H groups in total. The number of amides is 1. The number of benzene rings is 1. The van der Waals surface area contributed by atoms with Crippen LogP contribution in [0.1, 0.15) is 42.1 Å². The van der Waals surface area contributed by atoms with Gasteiger partial charge in [-0.05, 0) is 31.9 Å². The van der Waals surface area contributed by atoms with Gasteiger partial charge < -0.3 is 15.2 Å². The van der Waals surface area contributed by atoms with E-state index in [1.165, 1.54) is 0 Å². The fraction of sp³-hybridized carbons (Fsp3) is 0.533. The first kappa shape index (κ1) is 15.5. The van der Waals surface area contributed by atoms with Crippen LogP contribution in [0.25, 0.3) is 0 Å². The minimum Gasteiger partial charge on any atom is -0.508 e. The lowest BCUT2D eigenvalue weighted by molar-refractivity contribution is 0.0939. The Morgan fingerprint density at radius 2 is 2.05 bits per heavy atom. The molecule has 4 nitrogen and oxygen atoms in total. The van der Waals surface area contributed by atoms with Crippen LogP contribution in [0.5, 0.6) is 5.75 Å². The Balaban J connectivity index is 2.26. The topological polar surface area (TPSA) is 58.6 Å². The van der Waals surface area contributed by atoms with Crippen LogP contribution < -0.4 is 5.32 Å². The molecule has 0 aromatic heterocycles. The van der Waals surface area contributed by atoms with E-state index in [1.807, 2.05) is 0 Å². The molecule has 0 radical (unpaired) electrons. The number of carbonyl (C=O) groups excluding carboxylic acids is 1. The Morgan fingerprint density at radius 1 is 1.32 bits per heavy atom. The first-order valence-electron chi connectivity index (χ1n) is 6.81. The maximum absolute atomic E-state index is 11.9. The summed E-state index contributed by atoms with van der Waals surface area (Å²) >= 11 is 0. The zero-order valence-electron chi connectivity index (χ0n) is 11.7. The van der Waals surface area contributed by atoms with Crippen LogP contribution in [0.3, 0.4) is 0 Å². The van der Waals surface area contributed by atoms with E-state index < -0.39 is 0 Å². The Morgan fingerprint density at radius 3 is 2.79 bits per heavy atom. The van der Waals surface area contributed by atoms with E-state index >= 15 is 0 Å². The van der Waals surface area contributed by atoms with Gasteiger partial charge in [0.15, 0.2) is 0 Å². The van der Waals surface area contributed by atoms with Crippen molar-refractivity contribution in [3.8, 4) is 5.75 Å². The molecule has 0 aliphatic carbocycles. The summed E-state index contributed by atoms with van der Waals surface area (Å²) in [5.74, 6) is -0.00231. The minimum atomic E-state index is -0.151. The molecule has 0 saturated carbocycles. The number of nitrogens with one attached hydrogen (secondary N) is 1. The number of rotatable bonds is 8. The van der Waals surface area contributed by atoms with Gasteiger partial charge in [0.2, 0.25) is 0 Å². The third kappa shape index (κ3) is 5.30. The third-order valence-electron chi connectivity index (χ3n) is 2.94. The number of phenols is 1. The van der Waals surface area contributed by atoms with Crippen LogP contribution in [0.15, 0.2) is 18.2 Å². The highest BCUT2D eigenvalue weighted by molar-refractivity contribution is 5.96. The van der Waals surface area contributed by atoms with Crippen molar-refractivity contribution < 1.29 is 14.6 Å². The van der Waals surface area contributed by atoms with E-state index in [-0.39, 0.29) is 11.7 Å². The summed E-state index contributed by atoms with van der Waals surface area (Å²) in [4.78, 5) is 11.9. The summed E-state index contributed by atoms with van der Waals surface area (Å²) in [6, 6.07) is 4.96. The molecule has 0 atom stereocenters. The Kier molecular flexibility index (Phi) is 6.97. The van der Waals surface area contributed by atoms with Gasteiger partial charge in [0.05, 0.1) is 0 Å². The van der Waals surface area contributed by atoms with Crippen molar-refractivity contribution in [2.24, 2.45) is 0 Å². The second-order valence-electron chi connectivity index (χ2n) is 4.53. The fourth-order valence-corrected chi connectivity index (χ4v) is 1.69. The SMILES string of the molecule is CCCCOCCCNC(=O)c1cccc(O)c1C. The first-order chi connectivity index (χ1) is 9.16. The fourth-order valence-electron chi connectivity index (χ4n) is 1.69. The summed E-state index contributed by atoms with van der Waals surface area (Å²) in [6.07, 6.45) is 3.01. The standard InChI is InChI=1S/C15H23NO3/c1-3-4-10-19-11-6-9-16-15(18)13-7-5-8-14(17)12(13)2/h5,7-8,17H,3-4,6,9-11H2,1-2H3,(H,16,18). The third-order valence-corrected chi connectivity index (χ3v) is 2.94. The Hall–Kier alpha value is -1.55. The van der Waals surface area contributed by atoms with E-state index in [0.29, 0.717) is 24.3 Å². The quantitative estimate of drug-likeness (QED) is 0.710. The van der Waals surface area contributed by atoms with Crippen LogP contribution in [0, 0.1) is 6.92 Å². The highest BCUT2D eigenvalue weighted by atomic mass is 16.5. The molecule has 0 heterocycles. The van der Waals surface area contributed by atoms with Crippen LogP contribution in [0.2, 0.25) is 0 Å². The molecular weight excluding hydrogens is 242 g/mol. The maximum Gasteiger partial charge on any atom is 0.251 e. The van der Waals surface area contributed by atoms with Crippen molar-refractivity contribution in [1.29, 1.82) is 0 Å². The van der Waals surface area contributed by atoms with Crippen LogP contribution >= 0.6 is 0 Å². The number of aromatic hydroxyl groups is 1. The lowest BCUT2D eigenvalue weighted by Gasteiger charge is -2.09. The highest BCUT2D eigenvalue weighted by Crippen LogP contribution is 2.19. The molecule has 19 heavy (non-hydrogen) atoms. The molecule has 0 unspecified atom stereocenters. The predicted molar refractivity (Wildman–Crippen MR) is 75.5 cm³/mol. The van der Waals surface area contributed by atoms with Gasteiger partial charge in [0.1, 0.15) is 5.75 Å². The molecule has 1 aromatic rings. The summed E-state index contributed by atoms with van der Waals surface area (Å²) < 4.78 is 5.41. The summed E-state index contributed by atoms with van der Waals surface area (Å²) in [6.45, 7) is 5.90. The lowest BCUT2D eigenvalue weighted by atomic mass is 10.1. The number of hydrogen-bond donors (Lipinski definition) is 2. The number of carbonyl (C=O) groups is 1. The van der Waals surface area contributed by atoms with E-state index in [1.54, 1.807) is 25.1 Å². The average Bonchev–Trinajstić information content (AvgIpc) is 2.40. The van der Waals surface area contributed by atoms with E-state index in [0.717, 1.165) is 25.9 Å². The number of phenolic OH excluding ortho intramolecular Hbond substituents is 1. The molecule has 1 amide bonds. The minimum absolute atomic E-state index is 0.149. The maximum atomic E-state index is 11.9. The smallest absolute Gasteiger partial charge is 0.251 e. The number of unbranched alkanes of at least 4 members (excludes halogenated alkanes) is 1. The molecule has 0 fully saturated rings. The second-order valence-corrected chi connectivity index (χ2v) is 4.53. The van der Waals surface area contributed by atoms with Gasteiger partial charge in [-0.3, -0.25) is 4.79 Å². The van der Waals surface area contributed by atoms with Crippen LogP contribution in [-0.4, -0.2) is 30.8 Å². The monoisotopic (exact) mass is 265 g/mol. The van der Waals surface area contributed by atoms with Gasteiger partial charge in [-0.25, -0.2) is 0 Å². The zero-order valence-corrected chi connectivity index (χ0v) is 11.7. The van der Waals surface area contributed by atoms with Gasteiger partial charge in [-0.1, -0.05) is 19.4 Å². The van der Waals surface area contributed by atoms with Gasteiger partial charge in [0, 0.05) is 30.9 Å². The highest BCUT2D eigenvalue weighted by Gasteiger charge is 2.10. The van der Waals surface area contributed by atoms with Crippen molar-refractivity contribution in [2.45, 2.75) is 33.1 Å². The van der Waals surface area contributed by atoms with E-state index in [4.69, 9.17) is 4.74 Å². The van der Waals surface area contributed by atoms with Crippen LogP contribution in [-0.2, 0) is 4.74 Å². The number of hydrogen-bond acceptors (Lipinski definition) is 3. The second kappa shape index (κ2) is 8.53. The molecule has 0 bridgehead atoms. The molecule has 1 rings (SSSR count). The predicted octanol–water partition coefficient (Wildman–Crippen LogP) is 2.64. The molecule has 4 heteroatoms. The van der Waals surface area contributed by atoms with Gasteiger partial charge >= 0.3 is 0 Å². The lowest BCUT2D eigenvalue weighted by Crippen LogP contribution is -2.26. The van der Waals surface area contributed by atoms with Crippen LogP contribution in [0.4, 0.5) is 0 Å². The van der Waals surface area contributed by atoms with Crippen molar-refractivity contribution in [2.75, 3.05) is 19.8 Å². The summed E-state index contributed by atoms with van der Waals surface area (Å²) in [5.41, 5.74) is 1.13. The Bertz CT molecular complexity index is 404. The van der Waals surface area contributed by atoms with Gasteiger partial charge in [0.25, 0.3) is 5.91 Å². The van der Waals surface area contributed by atoms with Gasteiger partial charge in [-0.2, -0.15) is 0 Å². The summed E-state index contributed by atoms with van der Waals surface area (Å²) in [5, 5.41) is 12.4. The van der Waals surface area contributed by atoms with E-state index in [2.05, 4.69) is 12.2 Å². The summed E-state index contributed by atoms with van der Waals surface area (Å²) in [7, 11) is 0.